The monoisotopic (exact) mass is 263 g/mol. The van der Waals surface area contributed by atoms with Gasteiger partial charge in [-0.25, -0.2) is 4.72 Å². The highest BCUT2D eigenvalue weighted by Crippen LogP contribution is 2.18. The summed E-state index contributed by atoms with van der Waals surface area (Å²) < 4.78 is 27.5. The Morgan fingerprint density at radius 1 is 1.35 bits per heavy atom. The Morgan fingerprint density at radius 3 is 2.53 bits per heavy atom. The van der Waals surface area contributed by atoms with E-state index in [4.69, 9.17) is 0 Å². The zero-order valence-corrected chi connectivity index (χ0v) is 11.9. The molecule has 2 N–H and O–H groups in total. The van der Waals surface area contributed by atoms with Gasteiger partial charge in [0, 0.05) is 26.2 Å². The SMILES string of the molecule is CC(C)CNS(=O)(=O)N(C)CCCNC1CC1. The lowest BCUT2D eigenvalue weighted by Gasteiger charge is -2.18. The maximum atomic E-state index is 11.8. The van der Waals surface area contributed by atoms with Gasteiger partial charge in [0.1, 0.15) is 0 Å². The second-order valence-corrected chi connectivity index (χ2v) is 7.01. The molecule has 0 spiro atoms. The first kappa shape index (κ1) is 14.9. The summed E-state index contributed by atoms with van der Waals surface area (Å²) in [5.41, 5.74) is 0. The first-order valence-corrected chi connectivity index (χ1v) is 7.80. The lowest BCUT2D eigenvalue weighted by atomic mass is 10.2. The lowest BCUT2D eigenvalue weighted by molar-refractivity contribution is 0.439. The van der Waals surface area contributed by atoms with Crippen LogP contribution >= 0.6 is 0 Å². The normalized spacial score (nSPS) is 17.0. The van der Waals surface area contributed by atoms with Crippen molar-refractivity contribution in [2.45, 2.75) is 39.2 Å². The van der Waals surface area contributed by atoms with E-state index in [1.807, 2.05) is 13.8 Å². The highest BCUT2D eigenvalue weighted by molar-refractivity contribution is 7.87. The van der Waals surface area contributed by atoms with Crippen LogP contribution in [0.25, 0.3) is 0 Å². The maximum absolute atomic E-state index is 11.8. The molecule has 5 nitrogen and oxygen atoms in total. The van der Waals surface area contributed by atoms with Crippen molar-refractivity contribution in [1.82, 2.24) is 14.3 Å². The molecule has 0 aromatic rings. The minimum absolute atomic E-state index is 0.328. The number of hydrogen-bond acceptors (Lipinski definition) is 3. The van der Waals surface area contributed by atoms with Gasteiger partial charge in [-0.15, -0.1) is 0 Å². The Balaban J connectivity index is 2.16. The highest BCUT2D eigenvalue weighted by Gasteiger charge is 2.20. The van der Waals surface area contributed by atoms with Crippen LogP contribution in [0, 0.1) is 5.92 Å². The smallest absolute Gasteiger partial charge is 0.279 e. The summed E-state index contributed by atoms with van der Waals surface area (Å²) in [6.07, 6.45) is 3.39. The van der Waals surface area contributed by atoms with Crippen LogP contribution in [0.4, 0.5) is 0 Å². The molecule has 17 heavy (non-hydrogen) atoms. The van der Waals surface area contributed by atoms with E-state index in [-0.39, 0.29) is 0 Å². The molecule has 0 aliphatic heterocycles. The Morgan fingerprint density at radius 2 is 2.00 bits per heavy atom. The third-order valence-electron chi connectivity index (χ3n) is 2.74. The van der Waals surface area contributed by atoms with Gasteiger partial charge in [-0.2, -0.15) is 12.7 Å². The van der Waals surface area contributed by atoms with Crippen LogP contribution in [-0.4, -0.2) is 45.4 Å². The van der Waals surface area contributed by atoms with E-state index in [1.165, 1.54) is 17.1 Å². The summed E-state index contributed by atoms with van der Waals surface area (Å²) in [6, 6.07) is 0.691. The van der Waals surface area contributed by atoms with Gasteiger partial charge in [-0.05, 0) is 31.7 Å². The fourth-order valence-electron chi connectivity index (χ4n) is 1.40. The molecule has 1 fully saturated rings. The summed E-state index contributed by atoms with van der Waals surface area (Å²) in [4.78, 5) is 0. The first-order valence-electron chi connectivity index (χ1n) is 6.36. The van der Waals surface area contributed by atoms with Crippen molar-refractivity contribution < 1.29 is 8.42 Å². The van der Waals surface area contributed by atoms with Crippen molar-refractivity contribution in [2.24, 2.45) is 5.92 Å². The highest BCUT2D eigenvalue weighted by atomic mass is 32.2. The summed E-state index contributed by atoms with van der Waals surface area (Å²) in [6.45, 7) is 5.93. The molecule has 0 aromatic heterocycles. The molecule has 0 unspecified atom stereocenters. The predicted molar refractivity (Wildman–Crippen MR) is 70.0 cm³/mol. The predicted octanol–water partition coefficient (Wildman–Crippen LogP) is 0.551. The van der Waals surface area contributed by atoms with E-state index in [2.05, 4.69) is 10.0 Å². The Kier molecular flexibility index (Phi) is 5.85. The largest absolute Gasteiger partial charge is 0.314 e. The van der Waals surface area contributed by atoms with Crippen LogP contribution in [0.5, 0.6) is 0 Å². The van der Waals surface area contributed by atoms with Crippen molar-refractivity contribution in [1.29, 1.82) is 0 Å². The topological polar surface area (TPSA) is 61.4 Å². The van der Waals surface area contributed by atoms with Gasteiger partial charge >= 0.3 is 0 Å². The number of nitrogens with zero attached hydrogens (tertiary/aromatic N) is 1. The van der Waals surface area contributed by atoms with Gasteiger partial charge in [0.2, 0.25) is 0 Å². The number of nitrogens with one attached hydrogen (secondary N) is 2. The zero-order chi connectivity index (χ0) is 12.9. The van der Waals surface area contributed by atoms with Crippen LogP contribution in [0.1, 0.15) is 33.1 Å². The van der Waals surface area contributed by atoms with Crippen molar-refractivity contribution in [3.8, 4) is 0 Å². The van der Waals surface area contributed by atoms with Gasteiger partial charge in [0.25, 0.3) is 10.2 Å². The van der Waals surface area contributed by atoms with Crippen LogP contribution in [-0.2, 0) is 10.2 Å². The third kappa shape index (κ3) is 6.35. The zero-order valence-electron chi connectivity index (χ0n) is 11.1. The van der Waals surface area contributed by atoms with Crippen molar-refractivity contribution in [3.63, 3.8) is 0 Å². The van der Waals surface area contributed by atoms with Gasteiger partial charge in [-0.1, -0.05) is 13.8 Å². The molecule has 0 amide bonds. The van der Waals surface area contributed by atoms with E-state index >= 15 is 0 Å². The molecule has 0 radical (unpaired) electrons. The fourth-order valence-corrected chi connectivity index (χ4v) is 2.53. The maximum Gasteiger partial charge on any atom is 0.279 e. The lowest BCUT2D eigenvalue weighted by Crippen LogP contribution is -2.40. The van der Waals surface area contributed by atoms with Gasteiger partial charge < -0.3 is 5.32 Å². The molecule has 0 heterocycles. The van der Waals surface area contributed by atoms with Gasteiger partial charge in [0.15, 0.2) is 0 Å². The van der Waals surface area contributed by atoms with Crippen LogP contribution < -0.4 is 10.0 Å². The molecule has 1 aliphatic carbocycles. The second-order valence-electron chi connectivity index (χ2n) is 5.15. The quantitative estimate of drug-likeness (QED) is 0.597. The van der Waals surface area contributed by atoms with Crippen LogP contribution in [0.3, 0.4) is 0 Å². The summed E-state index contributed by atoms with van der Waals surface area (Å²) in [7, 11) is -1.66. The Labute approximate surface area is 105 Å². The molecule has 1 rings (SSSR count). The van der Waals surface area contributed by atoms with E-state index in [9.17, 15) is 8.42 Å². The molecule has 0 saturated heterocycles. The van der Waals surface area contributed by atoms with E-state index in [0.29, 0.717) is 25.0 Å². The molecule has 1 saturated carbocycles. The minimum Gasteiger partial charge on any atom is -0.314 e. The molecule has 0 aromatic carbocycles. The van der Waals surface area contributed by atoms with Crippen molar-refractivity contribution in [2.75, 3.05) is 26.7 Å². The molecular formula is C11H25N3O2S. The standard InChI is InChI=1S/C11H25N3O2S/c1-10(2)9-13-17(15,16)14(3)8-4-7-12-11-5-6-11/h10-13H,4-9H2,1-3H3. The van der Waals surface area contributed by atoms with Crippen LogP contribution in [0.15, 0.2) is 0 Å². The summed E-state index contributed by atoms with van der Waals surface area (Å²) in [5, 5.41) is 3.37. The van der Waals surface area contributed by atoms with Crippen molar-refractivity contribution in [3.05, 3.63) is 0 Å². The number of hydrogen-bond donors (Lipinski definition) is 2. The second kappa shape index (κ2) is 6.68. The fraction of sp³-hybridized carbons (Fsp3) is 1.00. The molecule has 0 atom stereocenters. The molecule has 0 bridgehead atoms. The minimum atomic E-state index is -3.28. The van der Waals surface area contributed by atoms with Gasteiger partial charge in [-0.3, -0.25) is 0 Å². The van der Waals surface area contributed by atoms with E-state index in [0.717, 1.165) is 13.0 Å². The third-order valence-corrected chi connectivity index (χ3v) is 4.28. The average Bonchev–Trinajstić information content (AvgIpc) is 3.05. The first-order chi connectivity index (χ1) is 7.92. The molecular weight excluding hydrogens is 238 g/mol. The van der Waals surface area contributed by atoms with Gasteiger partial charge in [0.05, 0.1) is 0 Å². The molecule has 1 aliphatic rings. The Hall–Kier alpha value is -0.170. The van der Waals surface area contributed by atoms with E-state index in [1.54, 1.807) is 7.05 Å². The number of rotatable bonds is 9. The van der Waals surface area contributed by atoms with Crippen LogP contribution in [0.2, 0.25) is 0 Å². The summed E-state index contributed by atoms with van der Waals surface area (Å²) in [5.74, 6) is 0.328. The average molecular weight is 263 g/mol. The van der Waals surface area contributed by atoms with E-state index < -0.39 is 10.2 Å². The molecule has 102 valence electrons. The Bertz CT molecular complexity index is 313. The molecule has 6 heteroatoms. The summed E-state index contributed by atoms with van der Waals surface area (Å²) >= 11 is 0. The van der Waals surface area contributed by atoms with Crippen molar-refractivity contribution >= 4 is 10.2 Å².